The molecule has 8 heteroatoms. The molecule has 0 bridgehead atoms. The number of halogens is 2. The van der Waals surface area contributed by atoms with Gasteiger partial charge in [-0.3, -0.25) is 4.79 Å². The van der Waals surface area contributed by atoms with Crippen LogP contribution in [0.2, 0.25) is 5.02 Å². The highest BCUT2D eigenvalue weighted by Gasteiger charge is 2.22. The molecule has 0 heterocycles. The zero-order valence-electron chi connectivity index (χ0n) is 12.0. The van der Waals surface area contributed by atoms with Gasteiger partial charge in [-0.05, 0) is 25.0 Å². The number of carbonyl (C=O) groups is 1. The summed E-state index contributed by atoms with van der Waals surface area (Å²) in [7, 11) is -4.00. The van der Waals surface area contributed by atoms with Gasteiger partial charge in [0.05, 0.1) is 10.6 Å². The molecule has 0 saturated heterocycles. The first-order valence-corrected chi connectivity index (χ1v) is 9.12. The van der Waals surface area contributed by atoms with Gasteiger partial charge in [0, 0.05) is 10.5 Å². The predicted octanol–water partition coefficient (Wildman–Crippen LogP) is 2.91. The first kappa shape index (κ1) is 18.4. The highest BCUT2D eigenvalue weighted by Crippen LogP contribution is 2.29. The maximum absolute atomic E-state index is 12.3. The molecule has 2 unspecified atom stereocenters. The lowest BCUT2D eigenvalue weighted by atomic mass is 10.0. The molecule has 1 aromatic carbocycles. The van der Waals surface area contributed by atoms with Gasteiger partial charge < -0.3 is 5.32 Å². The van der Waals surface area contributed by atoms with Crippen molar-refractivity contribution in [3.63, 3.8) is 0 Å². The predicted molar refractivity (Wildman–Crippen MR) is 86.9 cm³/mol. The number of amides is 1. The number of sulfonamides is 1. The van der Waals surface area contributed by atoms with E-state index in [1.54, 1.807) is 0 Å². The fourth-order valence-electron chi connectivity index (χ4n) is 1.72. The summed E-state index contributed by atoms with van der Waals surface area (Å²) in [6.45, 7) is 5.93. The van der Waals surface area contributed by atoms with Crippen LogP contribution in [0.3, 0.4) is 0 Å². The smallest absolute Gasteiger partial charge is 0.253 e. The monoisotopic (exact) mass is 396 g/mol. The molecule has 0 fully saturated rings. The number of benzene rings is 1. The Kier molecular flexibility index (Phi) is 6.22. The second kappa shape index (κ2) is 7.09. The molecule has 0 aliphatic carbocycles. The molecule has 0 saturated carbocycles. The Labute approximate surface area is 138 Å². The van der Waals surface area contributed by atoms with Crippen LogP contribution >= 0.6 is 27.5 Å². The maximum Gasteiger partial charge on any atom is 0.253 e. The lowest BCUT2D eigenvalue weighted by Gasteiger charge is -2.20. The topological polar surface area (TPSA) is 89.3 Å². The molecular weight excluding hydrogens is 380 g/mol. The molecule has 3 N–H and O–H groups in total. The van der Waals surface area contributed by atoms with Crippen molar-refractivity contribution >= 4 is 43.5 Å². The van der Waals surface area contributed by atoms with Crippen molar-refractivity contribution in [1.29, 1.82) is 0 Å². The van der Waals surface area contributed by atoms with Crippen LogP contribution in [-0.2, 0) is 10.0 Å². The summed E-state index contributed by atoms with van der Waals surface area (Å²) in [6, 6.07) is 2.68. The first-order chi connectivity index (χ1) is 9.57. The Morgan fingerprint density at radius 1 is 1.43 bits per heavy atom. The molecule has 2 atom stereocenters. The molecule has 0 radical (unpaired) electrons. The van der Waals surface area contributed by atoms with Crippen LogP contribution in [0, 0.1) is 5.92 Å². The number of carbonyl (C=O) groups excluding carboxylic acids is 1. The minimum atomic E-state index is -4.00. The fraction of sp³-hybridized carbons (Fsp3) is 0.462. The van der Waals surface area contributed by atoms with E-state index >= 15 is 0 Å². The van der Waals surface area contributed by atoms with Crippen LogP contribution in [0.5, 0.6) is 0 Å². The van der Waals surface area contributed by atoms with E-state index in [-0.39, 0.29) is 27.4 Å². The van der Waals surface area contributed by atoms with Gasteiger partial charge in [-0.1, -0.05) is 47.8 Å². The fourth-order valence-corrected chi connectivity index (χ4v) is 3.49. The Balaban J connectivity index is 3.20. The first-order valence-electron chi connectivity index (χ1n) is 6.40. The zero-order chi connectivity index (χ0) is 16.4. The average Bonchev–Trinajstić information content (AvgIpc) is 2.38. The van der Waals surface area contributed by atoms with Crippen molar-refractivity contribution in [1.82, 2.24) is 5.32 Å². The van der Waals surface area contributed by atoms with E-state index in [1.807, 2.05) is 20.8 Å². The van der Waals surface area contributed by atoms with E-state index in [2.05, 4.69) is 21.2 Å². The molecule has 1 amide bonds. The Morgan fingerprint density at radius 2 is 2.00 bits per heavy atom. The van der Waals surface area contributed by atoms with E-state index in [0.717, 1.165) is 6.42 Å². The van der Waals surface area contributed by atoms with Crippen molar-refractivity contribution in [3.8, 4) is 0 Å². The Bertz CT molecular complexity index is 649. The van der Waals surface area contributed by atoms with Crippen LogP contribution in [0.15, 0.2) is 21.5 Å². The number of rotatable bonds is 5. The summed E-state index contributed by atoms with van der Waals surface area (Å²) >= 11 is 9.17. The molecule has 118 valence electrons. The number of primary sulfonamides is 1. The van der Waals surface area contributed by atoms with Gasteiger partial charge in [-0.15, -0.1) is 0 Å². The van der Waals surface area contributed by atoms with Gasteiger partial charge in [0.2, 0.25) is 10.0 Å². The number of nitrogens with one attached hydrogen (secondary N) is 1. The zero-order valence-corrected chi connectivity index (χ0v) is 15.1. The summed E-state index contributed by atoms with van der Waals surface area (Å²) in [6.07, 6.45) is 0.913. The number of hydrogen-bond donors (Lipinski definition) is 2. The van der Waals surface area contributed by atoms with E-state index in [0.29, 0.717) is 4.47 Å². The standard InChI is InChI=1S/C13H18BrClN2O3S/c1-4-7(2)8(3)17-13(18)10-5-9(14)6-11(12(10)15)21(16,19)20/h5-8H,4H2,1-3H3,(H,17,18)(H2,16,19,20). The minimum absolute atomic E-state index is 0.0597. The van der Waals surface area contributed by atoms with Crippen molar-refractivity contribution in [2.24, 2.45) is 11.1 Å². The van der Waals surface area contributed by atoms with Crippen molar-refractivity contribution in [2.75, 3.05) is 0 Å². The number of nitrogens with two attached hydrogens (primary N) is 1. The van der Waals surface area contributed by atoms with Crippen LogP contribution in [0.4, 0.5) is 0 Å². The summed E-state index contributed by atoms with van der Waals surface area (Å²) < 4.78 is 23.4. The third-order valence-corrected chi connectivity index (χ3v) is 5.32. The highest BCUT2D eigenvalue weighted by atomic mass is 79.9. The van der Waals surface area contributed by atoms with Gasteiger partial charge >= 0.3 is 0 Å². The van der Waals surface area contributed by atoms with Gasteiger partial charge in [-0.2, -0.15) is 0 Å². The second-order valence-corrected chi connectivity index (χ2v) is 7.78. The summed E-state index contributed by atoms with van der Waals surface area (Å²) in [5.41, 5.74) is 0.0743. The van der Waals surface area contributed by atoms with E-state index in [4.69, 9.17) is 16.7 Å². The Hall–Kier alpha value is -0.630. The quantitative estimate of drug-likeness (QED) is 0.800. The van der Waals surface area contributed by atoms with Gasteiger partial charge in [-0.25, -0.2) is 13.6 Å². The number of hydrogen-bond acceptors (Lipinski definition) is 3. The van der Waals surface area contributed by atoms with E-state index in [9.17, 15) is 13.2 Å². The van der Waals surface area contributed by atoms with Crippen molar-refractivity contribution in [3.05, 3.63) is 27.2 Å². The van der Waals surface area contributed by atoms with Gasteiger partial charge in [0.25, 0.3) is 5.91 Å². The SMILES string of the molecule is CCC(C)C(C)NC(=O)c1cc(Br)cc(S(N)(=O)=O)c1Cl. The van der Waals surface area contributed by atoms with Crippen molar-refractivity contribution in [2.45, 2.75) is 38.1 Å². The van der Waals surface area contributed by atoms with Crippen LogP contribution < -0.4 is 10.5 Å². The molecule has 1 aromatic rings. The average molecular weight is 398 g/mol. The lowest BCUT2D eigenvalue weighted by molar-refractivity contribution is 0.0928. The molecule has 0 aliphatic rings. The summed E-state index contributed by atoms with van der Waals surface area (Å²) in [4.78, 5) is 12.0. The molecular formula is C13H18BrClN2O3S. The normalized spacial score (nSPS) is 14.6. The summed E-state index contributed by atoms with van der Waals surface area (Å²) in [5.74, 6) is -0.142. The molecule has 21 heavy (non-hydrogen) atoms. The minimum Gasteiger partial charge on any atom is -0.349 e. The molecule has 0 aromatic heterocycles. The van der Waals surface area contributed by atoms with Gasteiger partial charge in [0.1, 0.15) is 4.90 Å². The molecule has 5 nitrogen and oxygen atoms in total. The lowest BCUT2D eigenvalue weighted by Crippen LogP contribution is -2.37. The largest absolute Gasteiger partial charge is 0.349 e. The Morgan fingerprint density at radius 3 is 2.48 bits per heavy atom. The molecule has 0 spiro atoms. The molecule has 1 rings (SSSR count). The van der Waals surface area contributed by atoms with Crippen LogP contribution in [0.25, 0.3) is 0 Å². The van der Waals surface area contributed by atoms with Crippen LogP contribution in [-0.4, -0.2) is 20.4 Å². The summed E-state index contributed by atoms with van der Waals surface area (Å²) in [5, 5.41) is 7.74. The highest BCUT2D eigenvalue weighted by molar-refractivity contribution is 9.10. The van der Waals surface area contributed by atoms with Crippen molar-refractivity contribution < 1.29 is 13.2 Å². The van der Waals surface area contributed by atoms with E-state index < -0.39 is 15.9 Å². The third-order valence-electron chi connectivity index (χ3n) is 3.41. The van der Waals surface area contributed by atoms with Crippen LogP contribution in [0.1, 0.15) is 37.6 Å². The third kappa shape index (κ3) is 4.67. The molecule has 0 aliphatic heterocycles. The van der Waals surface area contributed by atoms with E-state index in [1.165, 1.54) is 12.1 Å². The maximum atomic E-state index is 12.3. The second-order valence-electron chi connectivity index (χ2n) is 4.96. The van der Waals surface area contributed by atoms with Gasteiger partial charge in [0.15, 0.2) is 0 Å².